The van der Waals surface area contributed by atoms with Crippen molar-refractivity contribution in [2.24, 2.45) is 0 Å². The van der Waals surface area contributed by atoms with Crippen LogP contribution in [0.4, 0.5) is 11.4 Å². The van der Waals surface area contributed by atoms with Gasteiger partial charge < -0.3 is 25.8 Å². The van der Waals surface area contributed by atoms with Crippen LogP contribution in [0.3, 0.4) is 0 Å². The molecule has 0 radical (unpaired) electrons. The maximum Gasteiger partial charge on any atom is 0.313 e. The lowest BCUT2D eigenvalue weighted by Gasteiger charge is -2.34. The number of aryl methyl sites for hydroxylation is 1. The molecule has 0 heterocycles. The van der Waals surface area contributed by atoms with Gasteiger partial charge in [0.2, 0.25) is 5.91 Å². The maximum absolute atomic E-state index is 12.2. The first-order valence-electron chi connectivity index (χ1n) is 9.67. The van der Waals surface area contributed by atoms with Gasteiger partial charge in [0.25, 0.3) is 0 Å². The molecule has 8 nitrogen and oxygen atoms in total. The lowest BCUT2D eigenvalue weighted by Crippen LogP contribution is -2.46. The minimum Gasteiger partial charge on any atom is -0.497 e. The van der Waals surface area contributed by atoms with E-state index in [1.165, 1.54) is 6.92 Å². The summed E-state index contributed by atoms with van der Waals surface area (Å²) in [6.45, 7) is 1.33. The van der Waals surface area contributed by atoms with E-state index in [9.17, 15) is 19.5 Å². The van der Waals surface area contributed by atoms with Crippen LogP contribution in [0, 0.1) is 0 Å². The Bertz CT molecular complexity index is 958. The van der Waals surface area contributed by atoms with Crippen molar-refractivity contribution in [2.45, 2.75) is 31.8 Å². The Labute approximate surface area is 174 Å². The van der Waals surface area contributed by atoms with Gasteiger partial charge in [0.15, 0.2) is 0 Å². The van der Waals surface area contributed by atoms with E-state index < -0.39 is 17.4 Å². The highest BCUT2D eigenvalue weighted by Gasteiger charge is 2.35. The second-order valence-corrected chi connectivity index (χ2v) is 7.30. The number of aliphatic hydroxyl groups is 1. The molecule has 3 rings (SSSR count). The smallest absolute Gasteiger partial charge is 0.313 e. The Kier molecular flexibility index (Phi) is 6.37. The molecule has 2 aromatic carbocycles. The van der Waals surface area contributed by atoms with Gasteiger partial charge in [-0.1, -0.05) is 6.07 Å². The van der Waals surface area contributed by atoms with Gasteiger partial charge in [0.05, 0.1) is 13.7 Å². The molecule has 1 aliphatic carbocycles. The minimum atomic E-state index is -1.24. The number of amides is 3. The van der Waals surface area contributed by atoms with E-state index in [4.69, 9.17) is 4.74 Å². The van der Waals surface area contributed by atoms with Crippen LogP contribution in [0.25, 0.3) is 0 Å². The van der Waals surface area contributed by atoms with E-state index in [-0.39, 0.29) is 12.5 Å². The predicted octanol–water partition coefficient (Wildman–Crippen LogP) is 1.93. The summed E-state index contributed by atoms with van der Waals surface area (Å²) in [5.41, 5.74) is 1.47. The van der Waals surface area contributed by atoms with Crippen LogP contribution in [-0.4, -0.2) is 36.5 Å². The molecule has 0 saturated heterocycles. The number of carbonyl (C=O) groups is 3. The topological polar surface area (TPSA) is 117 Å². The van der Waals surface area contributed by atoms with Crippen LogP contribution >= 0.6 is 0 Å². The maximum atomic E-state index is 12.2. The fourth-order valence-corrected chi connectivity index (χ4v) is 3.58. The molecule has 0 bridgehead atoms. The molecule has 0 fully saturated rings. The van der Waals surface area contributed by atoms with Gasteiger partial charge in [0, 0.05) is 18.3 Å². The highest BCUT2D eigenvalue weighted by Crippen LogP contribution is 2.36. The van der Waals surface area contributed by atoms with Gasteiger partial charge in [-0.05, 0) is 66.8 Å². The van der Waals surface area contributed by atoms with Crippen molar-refractivity contribution in [1.29, 1.82) is 0 Å². The molecule has 1 aliphatic rings. The van der Waals surface area contributed by atoms with Crippen LogP contribution in [0.1, 0.15) is 30.9 Å². The third kappa shape index (κ3) is 4.96. The van der Waals surface area contributed by atoms with E-state index >= 15 is 0 Å². The van der Waals surface area contributed by atoms with Gasteiger partial charge in [-0.3, -0.25) is 14.4 Å². The van der Waals surface area contributed by atoms with E-state index in [2.05, 4.69) is 16.0 Å². The van der Waals surface area contributed by atoms with E-state index in [0.717, 1.165) is 24.0 Å². The number of hydrogen-bond donors (Lipinski definition) is 4. The standard InChI is InChI=1S/C22H25N3O5/c1-14(26)24-16-5-7-17(8-6-16)25-21(28)20(27)23-13-22(29)11-3-4-15-12-18(30-2)9-10-19(15)22/h5-10,12,29H,3-4,11,13H2,1-2H3,(H,23,27)(H,24,26)(H,25,28). The minimum absolute atomic E-state index is 0.0694. The summed E-state index contributed by atoms with van der Waals surface area (Å²) in [5.74, 6) is -1.16. The summed E-state index contributed by atoms with van der Waals surface area (Å²) in [6.07, 6.45) is 2.07. The van der Waals surface area contributed by atoms with Crippen molar-refractivity contribution < 1.29 is 24.2 Å². The van der Waals surface area contributed by atoms with Crippen molar-refractivity contribution >= 4 is 29.1 Å². The molecule has 2 aromatic rings. The third-order valence-electron chi connectivity index (χ3n) is 5.06. The first-order chi connectivity index (χ1) is 14.3. The largest absolute Gasteiger partial charge is 0.497 e. The molecule has 8 heteroatoms. The molecule has 0 aromatic heterocycles. The number of rotatable bonds is 5. The van der Waals surface area contributed by atoms with Gasteiger partial charge >= 0.3 is 11.8 Å². The van der Waals surface area contributed by atoms with Gasteiger partial charge in [-0.15, -0.1) is 0 Å². The molecular formula is C22H25N3O5. The molecule has 0 aliphatic heterocycles. The summed E-state index contributed by atoms with van der Waals surface area (Å²) in [7, 11) is 1.59. The first kappa shape index (κ1) is 21.3. The Morgan fingerprint density at radius 1 is 1.03 bits per heavy atom. The van der Waals surface area contributed by atoms with Gasteiger partial charge in [-0.25, -0.2) is 0 Å². The second kappa shape index (κ2) is 8.96. The summed E-state index contributed by atoms with van der Waals surface area (Å²) in [5, 5.41) is 18.7. The van der Waals surface area contributed by atoms with Crippen LogP contribution < -0.4 is 20.7 Å². The average molecular weight is 411 g/mol. The van der Waals surface area contributed by atoms with Crippen molar-refractivity contribution in [2.75, 3.05) is 24.3 Å². The van der Waals surface area contributed by atoms with Crippen LogP contribution in [0.5, 0.6) is 5.75 Å². The molecule has 0 saturated carbocycles. The van der Waals surface area contributed by atoms with Crippen molar-refractivity contribution in [1.82, 2.24) is 5.32 Å². The molecule has 1 atom stereocenters. The zero-order valence-corrected chi connectivity index (χ0v) is 17.0. The SMILES string of the molecule is COc1ccc2c(c1)CCCC2(O)CNC(=O)C(=O)Nc1ccc(NC(C)=O)cc1. The number of benzene rings is 2. The van der Waals surface area contributed by atoms with Crippen LogP contribution in [-0.2, 0) is 26.4 Å². The monoisotopic (exact) mass is 411 g/mol. The zero-order valence-electron chi connectivity index (χ0n) is 17.0. The van der Waals surface area contributed by atoms with Gasteiger partial charge in [-0.2, -0.15) is 0 Å². The molecule has 1 unspecified atom stereocenters. The molecule has 30 heavy (non-hydrogen) atoms. The fraction of sp³-hybridized carbons (Fsp3) is 0.318. The highest BCUT2D eigenvalue weighted by atomic mass is 16.5. The van der Waals surface area contributed by atoms with E-state index in [1.807, 2.05) is 6.07 Å². The van der Waals surface area contributed by atoms with E-state index in [1.54, 1.807) is 43.5 Å². The van der Waals surface area contributed by atoms with Crippen molar-refractivity contribution in [3.63, 3.8) is 0 Å². The number of hydrogen-bond acceptors (Lipinski definition) is 5. The number of ether oxygens (including phenoxy) is 1. The quantitative estimate of drug-likeness (QED) is 0.561. The third-order valence-corrected chi connectivity index (χ3v) is 5.06. The Morgan fingerprint density at radius 3 is 2.33 bits per heavy atom. The predicted molar refractivity (Wildman–Crippen MR) is 112 cm³/mol. The molecule has 0 spiro atoms. The van der Waals surface area contributed by atoms with Gasteiger partial charge in [0.1, 0.15) is 11.4 Å². The highest BCUT2D eigenvalue weighted by molar-refractivity contribution is 6.39. The Balaban J connectivity index is 1.60. The molecular weight excluding hydrogens is 386 g/mol. The molecule has 158 valence electrons. The van der Waals surface area contributed by atoms with E-state index in [0.29, 0.717) is 23.5 Å². The van der Waals surface area contributed by atoms with Crippen LogP contribution in [0.2, 0.25) is 0 Å². The molecule has 3 amide bonds. The normalized spacial score (nSPS) is 17.4. The number of nitrogens with one attached hydrogen (secondary N) is 3. The Morgan fingerprint density at radius 2 is 1.70 bits per heavy atom. The van der Waals surface area contributed by atoms with Crippen LogP contribution in [0.15, 0.2) is 42.5 Å². The average Bonchev–Trinajstić information content (AvgIpc) is 2.73. The first-order valence-corrected chi connectivity index (χ1v) is 9.67. The Hall–Kier alpha value is -3.39. The fourth-order valence-electron chi connectivity index (χ4n) is 3.58. The van der Waals surface area contributed by atoms with Crippen molar-refractivity contribution in [3.05, 3.63) is 53.6 Å². The lowest BCUT2D eigenvalue weighted by atomic mass is 9.79. The number of methoxy groups -OCH3 is 1. The number of fused-ring (bicyclic) bond motifs is 1. The van der Waals surface area contributed by atoms with Crippen molar-refractivity contribution in [3.8, 4) is 5.75 Å². The summed E-state index contributed by atoms with van der Waals surface area (Å²) in [4.78, 5) is 35.5. The summed E-state index contributed by atoms with van der Waals surface area (Å²) >= 11 is 0. The number of anilines is 2. The lowest BCUT2D eigenvalue weighted by molar-refractivity contribution is -0.137. The molecule has 4 N–H and O–H groups in total. The summed E-state index contributed by atoms with van der Waals surface area (Å²) in [6, 6.07) is 11.8. The zero-order chi connectivity index (χ0) is 21.7. The number of carbonyl (C=O) groups excluding carboxylic acids is 3. The second-order valence-electron chi connectivity index (χ2n) is 7.30. The summed E-state index contributed by atoms with van der Waals surface area (Å²) < 4.78 is 5.24.